The maximum absolute atomic E-state index is 3.50. The molecule has 2 atom stereocenters. The van der Waals surface area contributed by atoms with Gasteiger partial charge >= 0.3 is 0 Å². The molecular weight excluding hydrogens is 170 g/mol. The van der Waals surface area contributed by atoms with Crippen LogP contribution in [-0.2, 0) is 0 Å². The third-order valence-corrected chi connectivity index (χ3v) is 4.39. The predicted molar refractivity (Wildman–Crippen MR) is 61.4 cm³/mol. The molecule has 2 unspecified atom stereocenters. The average molecular weight is 195 g/mol. The molecule has 1 nitrogen and oxygen atoms in total. The van der Waals surface area contributed by atoms with Crippen LogP contribution in [0.25, 0.3) is 0 Å². The highest BCUT2D eigenvalue weighted by Crippen LogP contribution is 2.36. The summed E-state index contributed by atoms with van der Waals surface area (Å²) < 4.78 is 0. The summed E-state index contributed by atoms with van der Waals surface area (Å²) in [7, 11) is 2.14. The molecule has 0 heterocycles. The summed E-state index contributed by atoms with van der Waals surface area (Å²) in [4.78, 5) is 0. The number of hydrogen-bond donors (Lipinski definition) is 1. The quantitative estimate of drug-likeness (QED) is 0.728. The van der Waals surface area contributed by atoms with E-state index in [1.54, 1.807) is 0 Å². The summed E-state index contributed by atoms with van der Waals surface area (Å²) in [5.74, 6) is 2.07. The Hall–Kier alpha value is -0.0400. The molecule has 2 saturated carbocycles. The highest BCUT2D eigenvalue weighted by Gasteiger charge is 2.28. The zero-order chi connectivity index (χ0) is 9.80. The largest absolute Gasteiger partial charge is 0.317 e. The van der Waals surface area contributed by atoms with Crippen LogP contribution in [-0.4, -0.2) is 13.1 Å². The van der Waals surface area contributed by atoms with Crippen LogP contribution in [0.4, 0.5) is 0 Å². The minimum Gasteiger partial charge on any atom is -0.317 e. The Bertz CT molecular complexity index is 161. The molecule has 0 aliphatic heterocycles. The van der Waals surface area contributed by atoms with Crippen molar-refractivity contribution >= 4 is 0 Å². The van der Waals surface area contributed by atoms with Gasteiger partial charge in [-0.25, -0.2) is 0 Å². The van der Waals surface area contributed by atoms with Crippen molar-refractivity contribution in [3.63, 3.8) is 0 Å². The first-order valence-corrected chi connectivity index (χ1v) is 6.57. The normalized spacial score (nSPS) is 34.9. The van der Waals surface area contributed by atoms with Gasteiger partial charge in [-0.15, -0.1) is 0 Å². The molecule has 2 aliphatic rings. The van der Waals surface area contributed by atoms with Crippen molar-refractivity contribution in [2.24, 2.45) is 11.8 Å². The molecule has 2 aliphatic carbocycles. The second-order valence-corrected chi connectivity index (χ2v) is 5.33. The molecular formula is C13H25N. The van der Waals surface area contributed by atoms with Gasteiger partial charge in [0.25, 0.3) is 0 Å². The zero-order valence-corrected chi connectivity index (χ0v) is 9.60. The van der Waals surface area contributed by atoms with Crippen LogP contribution in [0, 0.1) is 11.8 Å². The maximum atomic E-state index is 3.50. The fraction of sp³-hybridized carbons (Fsp3) is 1.00. The lowest BCUT2D eigenvalue weighted by Crippen LogP contribution is -2.30. The van der Waals surface area contributed by atoms with E-state index in [9.17, 15) is 0 Å². The van der Waals surface area contributed by atoms with Crippen LogP contribution < -0.4 is 5.32 Å². The molecule has 0 saturated heterocycles. The minimum atomic E-state index is 0.844. The minimum absolute atomic E-state index is 0.844. The van der Waals surface area contributed by atoms with Gasteiger partial charge in [0.2, 0.25) is 0 Å². The molecule has 0 radical (unpaired) electrons. The van der Waals surface area contributed by atoms with E-state index >= 15 is 0 Å². The summed E-state index contributed by atoms with van der Waals surface area (Å²) in [5, 5.41) is 3.50. The Labute approximate surface area is 88.7 Å². The number of nitrogens with one attached hydrogen (secondary N) is 1. The first-order valence-electron chi connectivity index (χ1n) is 6.57. The van der Waals surface area contributed by atoms with E-state index in [-0.39, 0.29) is 0 Å². The Morgan fingerprint density at radius 2 is 1.71 bits per heavy atom. The third-order valence-electron chi connectivity index (χ3n) is 4.39. The molecule has 0 amide bonds. The molecule has 1 heteroatoms. The highest BCUT2D eigenvalue weighted by atomic mass is 14.9. The van der Waals surface area contributed by atoms with E-state index in [1.165, 1.54) is 57.8 Å². The lowest BCUT2D eigenvalue weighted by Gasteiger charge is -2.27. The van der Waals surface area contributed by atoms with E-state index in [0.29, 0.717) is 0 Å². The zero-order valence-electron chi connectivity index (χ0n) is 9.60. The number of hydrogen-bond acceptors (Lipinski definition) is 1. The van der Waals surface area contributed by atoms with Gasteiger partial charge in [0.15, 0.2) is 0 Å². The maximum Gasteiger partial charge on any atom is 0.00924 e. The Morgan fingerprint density at radius 1 is 0.929 bits per heavy atom. The molecule has 1 N–H and O–H groups in total. The van der Waals surface area contributed by atoms with Gasteiger partial charge in [0, 0.05) is 6.04 Å². The predicted octanol–water partition coefficient (Wildman–Crippen LogP) is 3.34. The van der Waals surface area contributed by atoms with Crippen molar-refractivity contribution in [1.29, 1.82) is 0 Å². The third kappa shape index (κ3) is 2.50. The van der Waals surface area contributed by atoms with Crippen LogP contribution in [0.2, 0.25) is 0 Å². The topological polar surface area (TPSA) is 12.0 Å². The van der Waals surface area contributed by atoms with Crippen molar-refractivity contribution < 1.29 is 0 Å². The molecule has 2 rings (SSSR count). The summed E-state index contributed by atoms with van der Waals surface area (Å²) >= 11 is 0. The molecule has 0 aromatic rings. The molecule has 14 heavy (non-hydrogen) atoms. The number of rotatable bonds is 3. The summed E-state index contributed by atoms with van der Waals surface area (Å²) in [6.07, 6.45) is 13.4. The Kier molecular flexibility index (Phi) is 3.86. The summed E-state index contributed by atoms with van der Waals surface area (Å²) in [6.45, 7) is 0. The molecule has 82 valence electrons. The van der Waals surface area contributed by atoms with Crippen LogP contribution in [0.3, 0.4) is 0 Å². The van der Waals surface area contributed by atoms with Crippen molar-refractivity contribution in [3.05, 3.63) is 0 Å². The summed E-state index contributed by atoms with van der Waals surface area (Å²) in [5.41, 5.74) is 0. The molecule has 0 aromatic heterocycles. The highest BCUT2D eigenvalue weighted by molar-refractivity contribution is 4.84. The second-order valence-electron chi connectivity index (χ2n) is 5.33. The van der Waals surface area contributed by atoms with E-state index < -0.39 is 0 Å². The van der Waals surface area contributed by atoms with Crippen molar-refractivity contribution in [3.8, 4) is 0 Å². The van der Waals surface area contributed by atoms with Crippen LogP contribution in [0.15, 0.2) is 0 Å². The van der Waals surface area contributed by atoms with E-state index in [2.05, 4.69) is 12.4 Å². The van der Waals surface area contributed by atoms with Gasteiger partial charge in [-0.05, 0) is 38.1 Å². The monoisotopic (exact) mass is 195 g/mol. The lowest BCUT2D eigenvalue weighted by molar-refractivity contribution is 0.267. The van der Waals surface area contributed by atoms with Crippen LogP contribution >= 0.6 is 0 Å². The van der Waals surface area contributed by atoms with Crippen LogP contribution in [0.1, 0.15) is 57.8 Å². The van der Waals surface area contributed by atoms with Gasteiger partial charge in [-0.1, -0.05) is 38.5 Å². The first-order chi connectivity index (χ1) is 6.90. The Morgan fingerprint density at radius 3 is 2.43 bits per heavy atom. The van der Waals surface area contributed by atoms with Crippen LogP contribution in [0.5, 0.6) is 0 Å². The Balaban J connectivity index is 1.77. The fourth-order valence-electron chi connectivity index (χ4n) is 3.55. The van der Waals surface area contributed by atoms with Crippen molar-refractivity contribution in [2.75, 3.05) is 7.05 Å². The second kappa shape index (κ2) is 5.16. The van der Waals surface area contributed by atoms with Gasteiger partial charge in [-0.2, -0.15) is 0 Å². The van der Waals surface area contributed by atoms with Crippen molar-refractivity contribution in [2.45, 2.75) is 63.8 Å². The smallest absolute Gasteiger partial charge is 0.00924 e. The summed E-state index contributed by atoms with van der Waals surface area (Å²) in [6, 6.07) is 0.844. The van der Waals surface area contributed by atoms with Crippen molar-refractivity contribution in [1.82, 2.24) is 5.32 Å². The lowest BCUT2D eigenvalue weighted by atomic mass is 9.81. The average Bonchev–Trinajstić information content (AvgIpc) is 2.67. The molecule has 0 spiro atoms. The molecule has 2 fully saturated rings. The first kappa shape index (κ1) is 10.5. The van der Waals surface area contributed by atoms with Gasteiger partial charge in [0.1, 0.15) is 0 Å². The standard InChI is InChI=1S/C13H25N/c1-14-13-9-5-8-12(13)10-11-6-3-2-4-7-11/h11-14H,2-10H2,1H3. The molecule has 0 bridgehead atoms. The molecule has 0 aromatic carbocycles. The van der Waals surface area contributed by atoms with Gasteiger partial charge in [0.05, 0.1) is 0 Å². The fourth-order valence-corrected chi connectivity index (χ4v) is 3.55. The van der Waals surface area contributed by atoms with E-state index in [4.69, 9.17) is 0 Å². The van der Waals surface area contributed by atoms with Gasteiger partial charge in [-0.3, -0.25) is 0 Å². The van der Waals surface area contributed by atoms with E-state index in [1.807, 2.05) is 0 Å². The van der Waals surface area contributed by atoms with E-state index in [0.717, 1.165) is 17.9 Å². The van der Waals surface area contributed by atoms with Gasteiger partial charge < -0.3 is 5.32 Å². The SMILES string of the molecule is CNC1CCCC1CC1CCCCC1.